The highest BCUT2D eigenvalue weighted by molar-refractivity contribution is 6.03. The molecule has 0 aliphatic heterocycles. The summed E-state index contributed by atoms with van der Waals surface area (Å²) >= 11 is 0. The second-order valence-corrected chi connectivity index (χ2v) is 3.77. The van der Waals surface area contributed by atoms with E-state index in [9.17, 15) is 4.79 Å². The van der Waals surface area contributed by atoms with Crippen LogP contribution in [0.5, 0.6) is 0 Å². The number of rotatable bonds is 3. The molecule has 0 saturated heterocycles. The lowest BCUT2D eigenvalue weighted by Crippen LogP contribution is -2.14. The molecule has 0 aliphatic carbocycles. The van der Waals surface area contributed by atoms with Crippen LogP contribution < -0.4 is 5.32 Å². The Kier molecular flexibility index (Phi) is 4.76. The van der Waals surface area contributed by atoms with Crippen molar-refractivity contribution in [3.05, 3.63) is 47.8 Å². The van der Waals surface area contributed by atoms with E-state index in [4.69, 9.17) is 5.11 Å². The zero-order valence-corrected chi connectivity index (χ0v) is 10.6. The van der Waals surface area contributed by atoms with E-state index >= 15 is 0 Å². The standard InChI is InChI=1S/C14H12N4O2/c19-10-2-1-3-11-4-6-12(7-5-11)13(20)17-14-15-8-9-16-18-14/h4-9,19H,2,10H2,(H,15,17,18,20). The van der Waals surface area contributed by atoms with Crippen molar-refractivity contribution in [2.75, 3.05) is 11.9 Å². The minimum Gasteiger partial charge on any atom is -0.395 e. The summed E-state index contributed by atoms with van der Waals surface area (Å²) < 4.78 is 0. The molecule has 0 aliphatic rings. The fraction of sp³-hybridized carbons (Fsp3) is 0.143. The number of carbonyl (C=O) groups is 1. The van der Waals surface area contributed by atoms with Crippen LogP contribution in [0.4, 0.5) is 5.95 Å². The van der Waals surface area contributed by atoms with Gasteiger partial charge in [-0.3, -0.25) is 10.1 Å². The van der Waals surface area contributed by atoms with Crippen molar-refractivity contribution >= 4 is 11.9 Å². The Morgan fingerprint density at radius 3 is 2.70 bits per heavy atom. The number of anilines is 1. The van der Waals surface area contributed by atoms with Crippen LogP contribution in [0.2, 0.25) is 0 Å². The van der Waals surface area contributed by atoms with Gasteiger partial charge in [-0.2, -0.15) is 5.10 Å². The third kappa shape index (κ3) is 3.86. The van der Waals surface area contributed by atoms with Gasteiger partial charge in [0.1, 0.15) is 0 Å². The molecule has 0 bridgehead atoms. The van der Waals surface area contributed by atoms with Gasteiger partial charge < -0.3 is 5.11 Å². The molecule has 2 aromatic rings. The first-order valence-electron chi connectivity index (χ1n) is 5.94. The zero-order valence-electron chi connectivity index (χ0n) is 10.6. The third-order valence-corrected chi connectivity index (χ3v) is 2.32. The quantitative estimate of drug-likeness (QED) is 0.806. The number of aromatic nitrogens is 3. The van der Waals surface area contributed by atoms with E-state index in [-0.39, 0.29) is 18.5 Å². The lowest BCUT2D eigenvalue weighted by atomic mass is 10.1. The maximum atomic E-state index is 11.9. The van der Waals surface area contributed by atoms with Gasteiger partial charge in [0.15, 0.2) is 0 Å². The first kappa shape index (κ1) is 13.6. The number of amides is 1. The van der Waals surface area contributed by atoms with E-state index in [0.29, 0.717) is 12.0 Å². The van der Waals surface area contributed by atoms with Crippen LogP contribution in [-0.2, 0) is 0 Å². The molecule has 0 spiro atoms. The summed E-state index contributed by atoms with van der Waals surface area (Å²) in [5.41, 5.74) is 1.26. The Labute approximate surface area is 115 Å². The predicted molar refractivity (Wildman–Crippen MR) is 72.8 cm³/mol. The lowest BCUT2D eigenvalue weighted by molar-refractivity contribution is 0.102. The van der Waals surface area contributed by atoms with E-state index in [1.54, 1.807) is 24.3 Å². The molecule has 2 rings (SSSR count). The number of nitrogens with one attached hydrogen (secondary N) is 1. The van der Waals surface area contributed by atoms with Gasteiger partial charge in [-0.05, 0) is 24.3 Å². The monoisotopic (exact) mass is 268 g/mol. The van der Waals surface area contributed by atoms with Crippen molar-refractivity contribution in [1.29, 1.82) is 0 Å². The second kappa shape index (κ2) is 6.97. The van der Waals surface area contributed by atoms with Crippen molar-refractivity contribution in [3.8, 4) is 11.8 Å². The Bertz CT molecular complexity index is 630. The molecular formula is C14H12N4O2. The average molecular weight is 268 g/mol. The second-order valence-electron chi connectivity index (χ2n) is 3.77. The van der Waals surface area contributed by atoms with Gasteiger partial charge in [0.2, 0.25) is 5.95 Å². The smallest absolute Gasteiger partial charge is 0.258 e. The molecule has 0 radical (unpaired) electrons. The van der Waals surface area contributed by atoms with Crippen molar-refractivity contribution in [1.82, 2.24) is 15.2 Å². The summed E-state index contributed by atoms with van der Waals surface area (Å²) in [5, 5.41) is 18.5. The van der Waals surface area contributed by atoms with E-state index in [1.165, 1.54) is 12.4 Å². The summed E-state index contributed by atoms with van der Waals surface area (Å²) in [6.45, 7) is 0.0403. The maximum Gasteiger partial charge on any atom is 0.258 e. The molecule has 100 valence electrons. The molecule has 1 amide bonds. The number of hydrogen-bond acceptors (Lipinski definition) is 5. The van der Waals surface area contributed by atoms with Crippen molar-refractivity contribution in [3.63, 3.8) is 0 Å². The Morgan fingerprint density at radius 1 is 1.25 bits per heavy atom. The van der Waals surface area contributed by atoms with E-state index in [2.05, 4.69) is 32.3 Å². The Balaban J connectivity index is 2.03. The summed E-state index contributed by atoms with van der Waals surface area (Å²) in [4.78, 5) is 15.8. The SMILES string of the molecule is O=C(Nc1nccnn1)c1ccc(C#CCCO)cc1. The molecule has 1 aromatic carbocycles. The van der Waals surface area contributed by atoms with Crippen LogP contribution in [0.1, 0.15) is 22.3 Å². The van der Waals surface area contributed by atoms with E-state index in [0.717, 1.165) is 5.56 Å². The van der Waals surface area contributed by atoms with Gasteiger partial charge in [-0.25, -0.2) is 4.98 Å². The summed E-state index contributed by atoms with van der Waals surface area (Å²) in [7, 11) is 0. The molecular weight excluding hydrogens is 256 g/mol. The molecule has 6 heteroatoms. The topological polar surface area (TPSA) is 88.0 Å². The molecule has 0 unspecified atom stereocenters. The maximum absolute atomic E-state index is 11.9. The van der Waals surface area contributed by atoms with Gasteiger partial charge >= 0.3 is 0 Å². The predicted octanol–water partition coefficient (Wildman–Crippen LogP) is 0.858. The molecule has 1 heterocycles. The number of aliphatic hydroxyl groups excluding tert-OH is 1. The Morgan fingerprint density at radius 2 is 2.05 bits per heavy atom. The summed E-state index contributed by atoms with van der Waals surface area (Å²) in [5.74, 6) is 5.54. The molecule has 0 atom stereocenters. The first-order chi connectivity index (χ1) is 9.79. The minimum absolute atomic E-state index is 0.0403. The van der Waals surface area contributed by atoms with Crippen LogP contribution >= 0.6 is 0 Å². The van der Waals surface area contributed by atoms with Crippen molar-refractivity contribution < 1.29 is 9.90 Å². The van der Waals surface area contributed by atoms with Gasteiger partial charge in [-0.1, -0.05) is 11.8 Å². The van der Waals surface area contributed by atoms with Gasteiger partial charge in [0.05, 0.1) is 19.0 Å². The van der Waals surface area contributed by atoms with E-state index < -0.39 is 0 Å². The Hall–Kier alpha value is -2.78. The van der Waals surface area contributed by atoms with Crippen LogP contribution in [0.15, 0.2) is 36.7 Å². The van der Waals surface area contributed by atoms with Crippen molar-refractivity contribution in [2.24, 2.45) is 0 Å². The average Bonchev–Trinajstić information content (AvgIpc) is 2.49. The molecule has 6 nitrogen and oxygen atoms in total. The molecule has 0 fully saturated rings. The summed E-state index contributed by atoms with van der Waals surface area (Å²) in [6, 6.07) is 6.80. The number of carbonyl (C=O) groups excluding carboxylic acids is 1. The minimum atomic E-state index is -0.312. The fourth-order valence-corrected chi connectivity index (χ4v) is 1.40. The third-order valence-electron chi connectivity index (χ3n) is 2.32. The molecule has 0 saturated carbocycles. The molecule has 1 aromatic heterocycles. The van der Waals surface area contributed by atoms with Gasteiger partial charge in [0, 0.05) is 17.5 Å². The highest BCUT2D eigenvalue weighted by atomic mass is 16.2. The zero-order chi connectivity index (χ0) is 14.2. The normalized spacial score (nSPS) is 9.45. The van der Waals surface area contributed by atoms with Crippen LogP contribution in [-0.4, -0.2) is 32.8 Å². The number of nitrogens with zero attached hydrogens (tertiary/aromatic N) is 3. The molecule has 20 heavy (non-hydrogen) atoms. The first-order valence-corrected chi connectivity index (χ1v) is 5.94. The van der Waals surface area contributed by atoms with E-state index in [1.807, 2.05) is 0 Å². The highest BCUT2D eigenvalue weighted by Crippen LogP contribution is 2.05. The number of hydrogen-bond donors (Lipinski definition) is 2. The fourth-order valence-electron chi connectivity index (χ4n) is 1.40. The van der Waals surface area contributed by atoms with Crippen LogP contribution in [0.3, 0.4) is 0 Å². The van der Waals surface area contributed by atoms with Crippen molar-refractivity contribution in [2.45, 2.75) is 6.42 Å². The number of aliphatic hydroxyl groups is 1. The van der Waals surface area contributed by atoms with Gasteiger partial charge in [0.25, 0.3) is 5.91 Å². The number of benzene rings is 1. The summed E-state index contributed by atoms with van der Waals surface area (Å²) in [6.07, 6.45) is 3.30. The lowest BCUT2D eigenvalue weighted by Gasteiger charge is -2.02. The molecule has 2 N–H and O–H groups in total. The van der Waals surface area contributed by atoms with Crippen LogP contribution in [0, 0.1) is 11.8 Å². The van der Waals surface area contributed by atoms with Crippen LogP contribution in [0.25, 0.3) is 0 Å². The van der Waals surface area contributed by atoms with Gasteiger partial charge in [-0.15, -0.1) is 5.10 Å². The highest BCUT2D eigenvalue weighted by Gasteiger charge is 2.07. The largest absolute Gasteiger partial charge is 0.395 e.